The van der Waals surface area contributed by atoms with Gasteiger partial charge < -0.3 is 4.74 Å². The van der Waals surface area contributed by atoms with Crippen molar-refractivity contribution >= 4 is 0 Å². The van der Waals surface area contributed by atoms with Gasteiger partial charge in [0.1, 0.15) is 5.75 Å². The first-order valence-corrected chi connectivity index (χ1v) is 6.15. The number of hydrogen-bond donors (Lipinski definition) is 2. The van der Waals surface area contributed by atoms with Crippen LogP contribution in [0.2, 0.25) is 0 Å². The van der Waals surface area contributed by atoms with Crippen molar-refractivity contribution in [1.82, 2.24) is 20.4 Å². The lowest BCUT2D eigenvalue weighted by molar-refractivity contribution is 0.413. The van der Waals surface area contributed by atoms with Gasteiger partial charge in [-0.2, -0.15) is 0 Å². The zero-order valence-electron chi connectivity index (χ0n) is 11.2. The highest BCUT2D eigenvalue weighted by molar-refractivity contribution is 5.29. The summed E-state index contributed by atoms with van der Waals surface area (Å²) in [6, 6.07) is 8.09. The molecule has 0 amide bonds. The van der Waals surface area contributed by atoms with E-state index in [4.69, 9.17) is 10.6 Å². The standard InChI is InChI=1S/C13H19N5O/c1-18-9-12(16-17-18)8-11(15-14)6-10-4-3-5-13(7-10)19-2/h3-5,7,9,11,15H,6,8,14H2,1-2H3. The number of nitrogens with two attached hydrogens (primary N) is 1. The van der Waals surface area contributed by atoms with E-state index in [-0.39, 0.29) is 6.04 Å². The fraction of sp³-hybridized carbons (Fsp3) is 0.385. The van der Waals surface area contributed by atoms with Crippen LogP contribution in [0.1, 0.15) is 11.3 Å². The molecule has 2 aromatic rings. The highest BCUT2D eigenvalue weighted by Gasteiger charge is 2.11. The summed E-state index contributed by atoms with van der Waals surface area (Å²) in [4.78, 5) is 0. The third kappa shape index (κ3) is 3.77. The van der Waals surface area contributed by atoms with Crippen LogP contribution in [0.15, 0.2) is 30.5 Å². The normalized spacial score (nSPS) is 12.4. The van der Waals surface area contributed by atoms with Gasteiger partial charge >= 0.3 is 0 Å². The van der Waals surface area contributed by atoms with Gasteiger partial charge in [0, 0.05) is 25.7 Å². The highest BCUT2D eigenvalue weighted by Crippen LogP contribution is 2.14. The van der Waals surface area contributed by atoms with Crippen LogP contribution < -0.4 is 16.0 Å². The van der Waals surface area contributed by atoms with Gasteiger partial charge in [-0.25, -0.2) is 0 Å². The molecule has 6 nitrogen and oxygen atoms in total. The van der Waals surface area contributed by atoms with Crippen LogP contribution in [0.3, 0.4) is 0 Å². The molecule has 1 heterocycles. The average Bonchev–Trinajstić information content (AvgIpc) is 2.83. The molecule has 0 spiro atoms. The van der Waals surface area contributed by atoms with Crippen LogP contribution in [-0.4, -0.2) is 28.1 Å². The van der Waals surface area contributed by atoms with Crippen LogP contribution >= 0.6 is 0 Å². The first-order chi connectivity index (χ1) is 9.21. The Morgan fingerprint density at radius 2 is 2.26 bits per heavy atom. The Kier molecular flexibility index (Phi) is 4.48. The second-order valence-electron chi connectivity index (χ2n) is 4.51. The molecule has 1 aromatic heterocycles. The Hall–Kier alpha value is -1.92. The number of rotatable bonds is 6. The topological polar surface area (TPSA) is 78.0 Å². The molecule has 0 fully saturated rings. The van der Waals surface area contributed by atoms with Gasteiger partial charge in [0.05, 0.1) is 12.8 Å². The molecule has 0 saturated carbocycles. The monoisotopic (exact) mass is 261 g/mol. The Morgan fingerprint density at radius 1 is 1.42 bits per heavy atom. The third-order valence-electron chi connectivity index (χ3n) is 2.96. The molecule has 1 unspecified atom stereocenters. The molecule has 0 radical (unpaired) electrons. The molecule has 19 heavy (non-hydrogen) atoms. The van der Waals surface area contributed by atoms with Gasteiger partial charge in [-0.15, -0.1) is 5.10 Å². The molecule has 0 aliphatic carbocycles. The van der Waals surface area contributed by atoms with E-state index in [0.717, 1.165) is 24.3 Å². The molecule has 0 aliphatic heterocycles. The van der Waals surface area contributed by atoms with Crippen LogP contribution in [0.25, 0.3) is 0 Å². The van der Waals surface area contributed by atoms with Crippen LogP contribution in [0.5, 0.6) is 5.75 Å². The van der Waals surface area contributed by atoms with Crippen molar-refractivity contribution in [3.05, 3.63) is 41.7 Å². The zero-order chi connectivity index (χ0) is 13.7. The molecule has 2 rings (SSSR count). The van der Waals surface area contributed by atoms with E-state index < -0.39 is 0 Å². The molecule has 0 aliphatic rings. The smallest absolute Gasteiger partial charge is 0.119 e. The number of hydrazine groups is 1. The number of ether oxygens (including phenoxy) is 1. The minimum absolute atomic E-state index is 0.115. The van der Waals surface area contributed by atoms with Gasteiger partial charge in [0.2, 0.25) is 0 Å². The Labute approximate surface area is 112 Å². The molecular formula is C13H19N5O. The summed E-state index contributed by atoms with van der Waals surface area (Å²) in [6.45, 7) is 0. The van der Waals surface area contributed by atoms with E-state index in [1.165, 1.54) is 5.56 Å². The van der Waals surface area contributed by atoms with Gasteiger partial charge in [-0.3, -0.25) is 16.0 Å². The molecule has 102 valence electrons. The highest BCUT2D eigenvalue weighted by atomic mass is 16.5. The lowest BCUT2D eigenvalue weighted by Crippen LogP contribution is -2.38. The summed E-state index contributed by atoms with van der Waals surface area (Å²) < 4.78 is 6.90. The predicted octanol–water partition coefficient (Wildman–Crippen LogP) is 0.441. The molecule has 1 aromatic carbocycles. The number of nitrogens with one attached hydrogen (secondary N) is 1. The van der Waals surface area contributed by atoms with Gasteiger partial charge in [-0.1, -0.05) is 17.3 Å². The average molecular weight is 261 g/mol. The summed E-state index contributed by atoms with van der Waals surface area (Å²) in [6.07, 6.45) is 3.45. The summed E-state index contributed by atoms with van der Waals surface area (Å²) in [5.74, 6) is 6.46. The molecular weight excluding hydrogens is 242 g/mol. The van der Waals surface area contributed by atoms with E-state index in [9.17, 15) is 0 Å². The Balaban J connectivity index is 2.01. The number of benzene rings is 1. The van der Waals surface area contributed by atoms with Crippen molar-refractivity contribution in [3.63, 3.8) is 0 Å². The maximum absolute atomic E-state index is 5.61. The van der Waals surface area contributed by atoms with E-state index in [1.807, 2.05) is 31.4 Å². The quantitative estimate of drug-likeness (QED) is 0.583. The van der Waals surface area contributed by atoms with E-state index in [2.05, 4.69) is 21.8 Å². The minimum Gasteiger partial charge on any atom is -0.497 e. The minimum atomic E-state index is 0.115. The van der Waals surface area contributed by atoms with E-state index in [0.29, 0.717) is 0 Å². The molecule has 1 atom stereocenters. The molecule has 3 N–H and O–H groups in total. The zero-order valence-corrected chi connectivity index (χ0v) is 11.2. The van der Waals surface area contributed by atoms with E-state index in [1.54, 1.807) is 11.8 Å². The third-order valence-corrected chi connectivity index (χ3v) is 2.96. The van der Waals surface area contributed by atoms with Crippen molar-refractivity contribution in [1.29, 1.82) is 0 Å². The van der Waals surface area contributed by atoms with Crippen molar-refractivity contribution in [2.75, 3.05) is 7.11 Å². The second-order valence-corrected chi connectivity index (χ2v) is 4.51. The lowest BCUT2D eigenvalue weighted by atomic mass is 10.0. The Bertz CT molecular complexity index is 525. The predicted molar refractivity (Wildman–Crippen MR) is 72.5 cm³/mol. The van der Waals surface area contributed by atoms with Crippen LogP contribution in [-0.2, 0) is 19.9 Å². The number of nitrogens with zero attached hydrogens (tertiary/aromatic N) is 3. The summed E-state index contributed by atoms with van der Waals surface area (Å²) >= 11 is 0. The lowest BCUT2D eigenvalue weighted by Gasteiger charge is -2.14. The van der Waals surface area contributed by atoms with Gasteiger partial charge in [0.15, 0.2) is 0 Å². The van der Waals surface area contributed by atoms with Gasteiger partial charge in [-0.05, 0) is 24.1 Å². The first kappa shape index (κ1) is 13.5. The van der Waals surface area contributed by atoms with Crippen molar-refractivity contribution in [2.45, 2.75) is 18.9 Å². The van der Waals surface area contributed by atoms with Crippen LogP contribution in [0, 0.1) is 0 Å². The second kappa shape index (κ2) is 6.31. The SMILES string of the molecule is COc1cccc(CC(Cc2cn(C)nn2)NN)c1. The van der Waals surface area contributed by atoms with Crippen molar-refractivity contribution in [2.24, 2.45) is 12.9 Å². The number of methoxy groups -OCH3 is 1. The van der Waals surface area contributed by atoms with Gasteiger partial charge in [0.25, 0.3) is 0 Å². The molecule has 6 heteroatoms. The maximum Gasteiger partial charge on any atom is 0.119 e. The largest absolute Gasteiger partial charge is 0.497 e. The first-order valence-electron chi connectivity index (χ1n) is 6.15. The summed E-state index contributed by atoms with van der Waals surface area (Å²) in [5.41, 5.74) is 4.92. The van der Waals surface area contributed by atoms with Crippen molar-refractivity contribution < 1.29 is 4.74 Å². The van der Waals surface area contributed by atoms with Crippen LogP contribution in [0.4, 0.5) is 0 Å². The summed E-state index contributed by atoms with van der Waals surface area (Å²) in [7, 11) is 3.51. The molecule has 0 saturated heterocycles. The number of hydrogen-bond acceptors (Lipinski definition) is 5. The maximum atomic E-state index is 5.61. The summed E-state index contributed by atoms with van der Waals surface area (Å²) in [5, 5.41) is 7.99. The fourth-order valence-electron chi connectivity index (χ4n) is 2.02. The number of aromatic nitrogens is 3. The molecule has 0 bridgehead atoms. The van der Waals surface area contributed by atoms with Crippen molar-refractivity contribution in [3.8, 4) is 5.75 Å². The number of aryl methyl sites for hydroxylation is 1. The Morgan fingerprint density at radius 3 is 2.89 bits per heavy atom. The van der Waals surface area contributed by atoms with E-state index >= 15 is 0 Å². The fourth-order valence-corrected chi connectivity index (χ4v) is 2.02.